The van der Waals surface area contributed by atoms with Gasteiger partial charge in [-0.05, 0) is 31.2 Å². The topological polar surface area (TPSA) is 149 Å². The molecular weight excluding hydrogens is 358 g/mol. The number of carbonyl (C=O) groups excluding carboxylic acids is 2. The summed E-state index contributed by atoms with van der Waals surface area (Å²) in [6.07, 6.45) is -3.40. The number of rotatable bonds is 3. The first-order chi connectivity index (χ1) is 12.7. The molecule has 0 aromatic heterocycles. The molecule has 1 aromatic carbocycles. The van der Waals surface area contributed by atoms with Gasteiger partial charge in [0, 0.05) is 11.6 Å². The molecule has 0 bridgehead atoms. The second-order valence-electron chi connectivity index (χ2n) is 6.81. The molecular formula is C18H21NO8. The van der Waals surface area contributed by atoms with Gasteiger partial charge in [-0.25, -0.2) is 9.59 Å². The van der Waals surface area contributed by atoms with Gasteiger partial charge in [-0.1, -0.05) is 0 Å². The summed E-state index contributed by atoms with van der Waals surface area (Å²) < 4.78 is 15.0. The summed E-state index contributed by atoms with van der Waals surface area (Å²) in [6.45, 7) is 1.30. The summed E-state index contributed by atoms with van der Waals surface area (Å²) in [5.74, 6) is -3.73. The van der Waals surface area contributed by atoms with E-state index < -0.39 is 47.9 Å². The van der Waals surface area contributed by atoms with E-state index in [1.165, 1.54) is 31.2 Å². The van der Waals surface area contributed by atoms with Crippen LogP contribution in [0.15, 0.2) is 36.1 Å². The van der Waals surface area contributed by atoms with Gasteiger partial charge < -0.3 is 35.3 Å². The van der Waals surface area contributed by atoms with Crippen molar-refractivity contribution < 1.29 is 39.1 Å². The maximum absolute atomic E-state index is 12.4. The third kappa shape index (κ3) is 3.14. The predicted octanol–water partition coefficient (Wildman–Crippen LogP) is -0.442. The maximum Gasteiger partial charge on any atom is 0.338 e. The molecule has 9 nitrogen and oxygen atoms in total. The lowest BCUT2D eigenvalue weighted by atomic mass is 9.81. The molecule has 1 unspecified atom stereocenters. The molecule has 9 heteroatoms. The van der Waals surface area contributed by atoms with Crippen LogP contribution in [0.1, 0.15) is 17.3 Å². The number of aliphatic hydroxyl groups excluding tert-OH is 2. The average molecular weight is 379 g/mol. The van der Waals surface area contributed by atoms with E-state index in [2.05, 4.69) is 4.74 Å². The van der Waals surface area contributed by atoms with Crippen LogP contribution >= 0.6 is 0 Å². The van der Waals surface area contributed by atoms with Crippen molar-refractivity contribution in [1.29, 1.82) is 0 Å². The Labute approximate surface area is 154 Å². The molecule has 5 N–H and O–H groups in total. The van der Waals surface area contributed by atoms with Gasteiger partial charge in [-0.2, -0.15) is 0 Å². The highest BCUT2D eigenvalue weighted by atomic mass is 16.6. The number of hydrogen-bond donors (Lipinski definition) is 4. The first kappa shape index (κ1) is 19.2. The van der Waals surface area contributed by atoms with Gasteiger partial charge in [-0.3, -0.25) is 0 Å². The summed E-state index contributed by atoms with van der Waals surface area (Å²) >= 11 is 0. The van der Waals surface area contributed by atoms with Crippen molar-refractivity contribution in [3.63, 3.8) is 0 Å². The van der Waals surface area contributed by atoms with Crippen LogP contribution in [0, 0.1) is 11.8 Å². The Bertz CT molecular complexity index is 772. The Morgan fingerprint density at radius 3 is 2.41 bits per heavy atom. The number of carbonyl (C=O) groups is 2. The number of aliphatic hydroxyl groups is 3. The number of anilines is 1. The minimum absolute atomic E-state index is 0.0633. The van der Waals surface area contributed by atoms with Crippen LogP contribution in [0.4, 0.5) is 5.69 Å². The summed E-state index contributed by atoms with van der Waals surface area (Å²) in [5, 5.41) is 31.8. The molecule has 1 aromatic rings. The number of esters is 2. The van der Waals surface area contributed by atoms with Crippen LogP contribution in [0.25, 0.3) is 0 Å². The average Bonchev–Trinajstić information content (AvgIpc) is 2.83. The number of methoxy groups -OCH3 is 1. The fraction of sp³-hybridized carbons (Fsp3) is 0.444. The van der Waals surface area contributed by atoms with Crippen LogP contribution in [0.3, 0.4) is 0 Å². The SMILES string of the molecule is COC(=O)C1=COC(O)[C@H]2[C@@H]1[C@H](O)[C@H](OC(=O)c1ccc(N)cc1)[C@]2(C)O. The Morgan fingerprint density at radius 2 is 1.81 bits per heavy atom. The van der Waals surface area contributed by atoms with Crippen LogP contribution < -0.4 is 5.73 Å². The lowest BCUT2D eigenvalue weighted by Gasteiger charge is -2.36. The first-order valence-electron chi connectivity index (χ1n) is 8.27. The Balaban J connectivity index is 1.91. The Kier molecular flexibility index (Phi) is 4.85. The first-order valence-corrected chi connectivity index (χ1v) is 8.27. The normalized spacial score (nSPS) is 34.9. The number of fused-ring (bicyclic) bond motifs is 1. The van der Waals surface area contributed by atoms with E-state index in [1.807, 2.05) is 0 Å². The van der Waals surface area contributed by atoms with Crippen molar-refractivity contribution in [2.24, 2.45) is 11.8 Å². The third-order valence-electron chi connectivity index (χ3n) is 5.12. The molecule has 1 saturated carbocycles. The number of ether oxygens (including phenoxy) is 3. The van der Waals surface area contributed by atoms with E-state index in [9.17, 15) is 24.9 Å². The van der Waals surface area contributed by atoms with Crippen molar-refractivity contribution in [2.75, 3.05) is 12.8 Å². The maximum atomic E-state index is 12.4. The summed E-state index contributed by atoms with van der Waals surface area (Å²) in [4.78, 5) is 24.4. The van der Waals surface area contributed by atoms with Crippen molar-refractivity contribution >= 4 is 17.6 Å². The van der Waals surface area contributed by atoms with Gasteiger partial charge in [0.15, 0.2) is 6.10 Å². The molecule has 0 spiro atoms. The molecule has 1 aliphatic carbocycles. The Morgan fingerprint density at radius 1 is 1.19 bits per heavy atom. The van der Waals surface area contributed by atoms with E-state index >= 15 is 0 Å². The van der Waals surface area contributed by atoms with Crippen molar-refractivity contribution in [2.45, 2.75) is 31.0 Å². The molecule has 1 aliphatic heterocycles. The largest absolute Gasteiger partial charge is 0.472 e. The fourth-order valence-corrected chi connectivity index (χ4v) is 3.74. The molecule has 2 aliphatic rings. The van der Waals surface area contributed by atoms with Crippen LogP contribution in [-0.4, -0.2) is 58.5 Å². The molecule has 146 valence electrons. The van der Waals surface area contributed by atoms with Gasteiger partial charge in [0.05, 0.1) is 30.4 Å². The molecule has 0 amide bonds. The zero-order valence-electron chi connectivity index (χ0n) is 14.7. The summed E-state index contributed by atoms with van der Waals surface area (Å²) in [6, 6.07) is 5.90. The monoisotopic (exact) mass is 379 g/mol. The van der Waals surface area contributed by atoms with Crippen molar-refractivity contribution in [3.8, 4) is 0 Å². The second-order valence-corrected chi connectivity index (χ2v) is 6.81. The predicted molar refractivity (Wildman–Crippen MR) is 90.9 cm³/mol. The van der Waals surface area contributed by atoms with Crippen LogP contribution in [-0.2, 0) is 19.0 Å². The third-order valence-corrected chi connectivity index (χ3v) is 5.12. The van der Waals surface area contributed by atoms with E-state index in [-0.39, 0.29) is 11.1 Å². The van der Waals surface area contributed by atoms with E-state index in [1.54, 1.807) is 0 Å². The van der Waals surface area contributed by atoms with E-state index in [0.717, 1.165) is 13.4 Å². The van der Waals surface area contributed by atoms with Gasteiger partial charge in [-0.15, -0.1) is 0 Å². The standard InChI is InChI=1S/C18H21NO8/c1-18(24)12-11(10(16(22)25-2)7-26-17(12)23)13(20)14(18)27-15(21)8-3-5-9(19)6-4-8/h3-7,11-14,17,20,23-24H,19H2,1-2H3/t11-,12-,13+,14+,17?,18-/m1/s1. The molecule has 1 heterocycles. The zero-order valence-corrected chi connectivity index (χ0v) is 14.7. The van der Waals surface area contributed by atoms with Gasteiger partial charge in [0.25, 0.3) is 0 Å². The quantitative estimate of drug-likeness (QED) is 0.405. The fourth-order valence-electron chi connectivity index (χ4n) is 3.74. The molecule has 1 fully saturated rings. The highest BCUT2D eigenvalue weighted by molar-refractivity contribution is 5.90. The molecule has 27 heavy (non-hydrogen) atoms. The minimum atomic E-state index is -1.87. The van der Waals surface area contributed by atoms with E-state index in [0.29, 0.717) is 5.69 Å². The van der Waals surface area contributed by atoms with Gasteiger partial charge in [0.2, 0.25) is 6.29 Å². The van der Waals surface area contributed by atoms with Gasteiger partial charge in [0.1, 0.15) is 11.7 Å². The number of nitrogen functional groups attached to an aromatic ring is 1. The smallest absolute Gasteiger partial charge is 0.338 e. The molecule has 6 atom stereocenters. The van der Waals surface area contributed by atoms with E-state index in [4.69, 9.17) is 15.2 Å². The molecule has 3 rings (SSSR count). The minimum Gasteiger partial charge on any atom is -0.472 e. The number of nitrogens with two attached hydrogens (primary N) is 1. The number of benzene rings is 1. The van der Waals surface area contributed by atoms with Crippen molar-refractivity contribution in [1.82, 2.24) is 0 Å². The zero-order chi connectivity index (χ0) is 19.9. The van der Waals surface area contributed by atoms with Crippen LogP contribution in [0.5, 0.6) is 0 Å². The van der Waals surface area contributed by atoms with Crippen molar-refractivity contribution in [3.05, 3.63) is 41.7 Å². The number of hydrogen-bond acceptors (Lipinski definition) is 9. The lowest BCUT2D eigenvalue weighted by Crippen LogP contribution is -2.49. The van der Waals surface area contributed by atoms with Crippen LogP contribution in [0.2, 0.25) is 0 Å². The summed E-state index contributed by atoms with van der Waals surface area (Å²) in [7, 11) is 1.15. The lowest BCUT2D eigenvalue weighted by molar-refractivity contribution is -0.179. The molecule has 0 radical (unpaired) electrons. The highest BCUT2D eigenvalue weighted by Gasteiger charge is 2.65. The summed E-state index contributed by atoms with van der Waals surface area (Å²) in [5.41, 5.74) is 4.27. The molecule has 0 saturated heterocycles. The second kappa shape index (κ2) is 6.84. The van der Waals surface area contributed by atoms with Gasteiger partial charge >= 0.3 is 11.9 Å². The highest BCUT2D eigenvalue weighted by Crippen LogP contribution is 2.49. The Hall–Kier alpha value is -2.62.